The molecule has 2 N–H and O–H groups in total. The van der Waals surface area contributed by atoms with Crippen LogP contribution in [0.4, 0.5) is 9.59 Å². The highest BCUT2D eigenvalue weighted by Crippen LogP contribution is 2.03. The summed E-state index contributed by atoms with van der Waals surface area (Å²) in [6.07, 6.45) is 8.59. The van der Waals surface area contributed by atoms with Crippen LogP contribution in [0.3, 0.4) is 0 Å². The molecule has 0 fully saturated rings. The van der Waals surface area contributed by atoms with Gasteiger partial charge in [-0.05, 0) is 12.8 Å². The molecular formula is C16H30N2O4. The average Bonchev–Trinajstić information content (AvgIpc) is 2.47. The highest BCUT2D eigenvalue weighted by molar-refractivity contribution is 6.00. The Morgan fingerprint density at radius 2 is 1.36 bits per heavy atom. The number of unbranched alkanes of at least 4 members (excludes halogenated alkanes) is 7. The summed E-state index contributed by atoms with van der Waals surface area (Å²) in [6, 6.07) is -0.823. The van der Waals surface area contributed by atoms with Crippen molar-refractivity contribution < 1.29 is 19.1 Å². The maximum Gasteiger partial charge on any atom is 0.415 e. The molecule has 6 nitrogen and oxygen atoms in total. The van der Waals surface area contributed by atoms with E-state index in [-0.39, 0.29) is 12.5 Å². The topological polar surface area (TPSA) is 84.5 Å². The van der Waals surface area contributed by atoms with Crippen LogP contribution >= 0.6 is 0 Å². The van der Waals surface area contributed by atoms with Crippen LogP contribution in [-0.4, -0.2) is 24.6 Å². The van der Waals surface area contributed by atoms with Crippen LogP contribution in [0.2, 0.25) is 0 Å². The molecule has 0 saturated heterocycles. The van der Waals surface area contributed by atoms with E-state index in [1.807, 2.05) is 5.32 Å². The number of hydrogen-bond acceptors (Lipinski definition) is 4. The summed E-state index contributed by atoms with van der Waals surface area (Å²) < 4.78 is 4.87. The number of imide groups is 2. The monoisotopic (exact) mass is 314 g/mol. The highest BCUT2D eigenvalue weighted by atomic mass is 16.5. The molecule has 0 saturated carbocycles. The predicted octanol–water partition coefficient (Wildman–Crippen LogP) is 3.89. The molecule has 128 valence electrons. The number of alkyl carbamates (subject to hydrolysis) is 1. The van der Waals surface area contributed by atoms with Crippen molar-refractivity contribution in [1.29, 1.82) is 0 Å². The van der Waals surface area contributed by atoms with E-state index in [0.717, 1.165) is 51.4 Å². The van der Waals surface area contributed by atoms with Gasteiger partial charge < -0.3 is 4.74 Å². The molecule has 4 amide bonds. The smallest absolute Gasteiger partial charge is 0.415 e. The highest BCUT2D eigenvalue weighted by Gasteiger charge is 2.11. The Balaban J connectivity index is 3.60. The summed E-state index contributed by atoms with van der Waals surface area (Å²) in [6.45, 7) is 4.50. The molecule has 6 heteroatoms. The second-order valence-corrected chi connectivity index (χ2v) is 5.36. The lowest BCUT2D eigenvalue weighted by molar-refractivity contribution is -0.120. The first-order valence-electron chi connectivity index (χ1n) is 8.37. The van der Waals surface area contributed by atoms with Crippen molar-refractivity contribution in [1.82, 2.24) is 10.6 Å². The van der Waals surface area contributed by atoms with E-state index < -0.39 is 12.1 Å². The lowest BCUT2D eigenvalue weighted by atomic mass is 10.1. The molecule has 22 heavy (non-hydrogen) atoms. The SMILES string of the molecule is CCCCCCCOC(=O)NC(=O)NC(=O)CCCCCC. The summed E-state index contributed by atoms with van der Waals surface area (Å²) >= 11 is 0. The molecule has 0 spiro atoms. The van der Waals surface area contributed by atoms with E-state index in [4.69, 9.17) is 4.74 Å². The van der Waals surface area contributed by atoms with Crippen LogP contribution in [0.25, 0.3) is 0 Å². The molecule has 0 aliphatic heterocycles. The van der Waals surface area contributed by atoms with Gasteiger partial charge in [0.1, 0.15) is 0 Å². The Kier molecular flexibility index (Phi) is 13.3. The maximum atomic E-state index is 11.4. The molecule has 0 aromatic heterocycles. The van der Waals surface area contributed by atoms with Crippen molar-refractivity contribution in [2.75, 3.05) is 6.61 Å². The van der Waals surface area contributed by atoms with Crippen molar-refractivity contribution >= 4 is 18.0 Å². The fourth-order valence-corrected chi connectivity index (χ4v) is 1.93. The first kappa shape index (κ1) is 20.4. The molecule has 0 aromatic rings. The molecule has 0 aliphatic rings. The lowest BCUT2D eigenvalue weighted by Gasteiger charge is -2.07. The van der Waals surface area contributed by atoms with Gasteiger partial charge in [-0.1, -0.05) is 58.8 Å². The predicted molar refractivity (Wildman–Crippen MR) is 85.5 cm³/mol. The number of carbonyl (C=O) groups excluding carboxylic acids is 3. The Hall–Kier alpha value is -1.59. The summed E-state index contributed by atoms with van der Waals surface area (Å²) in [5.41, 5.74) is 0. The molecule has 0 unspecified atom stereocenters. The quantitative estimate of drug-likeness (QED) is 0.567. The van der Waals surface area contributed by atoms with Crippen LogP contribution in [0.15, 0.2) is 0 Å². The third kappa shape index (κ3) is 13.4. The van der Waals surface area contributed by atoms with Gasteiger partial charge in [-0.15, -0.1) is 0 Å². The van der Waals surface area contributed by atoms with Crippen LogP contribution in [0.1, 0.15) is 78.1 Å². The van der Waals surface area contributed by atoms with E-state index in [1.165, 1.54) is 6.42 Å². The van der Waals surface area contributed by atoms with Crippen LogP contribution < -0.4 is 10.6 Å². The fraction of sp³-hybridized carbons (Fsp3) is 0.812. The van der Waals surface area contributed by atoms with Gasteiger partial charge in [0.05, 0.1) is 6.61 Å². The van der Waals surface area contributed by atoms with E-state index in [2.05, 4.69) is 19.2 Å². The number of ether oxygens (including phenoxy) is 1. The number of rotatable bonds is 11. The average molecular weight is 314 g/mol. The van der Waals surface area contributed by atoms with Crippen molar-refractivity contribution in [2.45, 2.75) is 78.1 Å². The number of amides is 4. The minimum absolute atomic E-state index is 0.286. The third-order valence-corrected chi connectivity index (χ3v) is 3.21. The van der Waals surface area contributed by atoms with Gasteiger partial charge in [0.2, 0.25) is 5.91 Å². The number of hydrogen-bond donors (Lipinski definition) is 2. The van der Waals surface area contributed by atoms with E-state index in [9.17, 15) is 14.4 Å². The van der Waals surface area contributed by atoms with Crippen molar-refractivity contribution in [2.24, 2.45) is 0 Å². The Bertz CT molecular complexity index is 332. The van der Waals surface area contributed by atoms with Gasteiger partial charge in [0.25, 0.3) is 0 Å². The van der Waals surface area contributed by atoms with Gasteiger partial charge in [-0.25, -0.2) is 14.9 Å². The third-order valence-electron chi connectivity index (χ3n) is 3.21. The number of nitrogens with one attached hydrogen (secondary N) is 2. The van der Waals surface area contributed by atoms with Crippen molar-refractivity contribution in [3.05, 3.63) is 0 Å². The molecule has 0 rings (SSSR count). The second kappa shape index (κ2) is 14.4. The van der Waals surface area contributed by atoms with Crippen LogP contribution in [-0.2, 0) is 9.53 Å². The maximum absolute atomic E-state index is 11.4. The van der Waals surface area contributed by atoms with E-state index in [1.54, 1.807) is 0 Å². The molecule has 0 aliphatic carbocycles. The van der Waals surface area contributed by atoms with E-state index in [0.29, 0.717) is 6.42 Å². The summed E-state index contributed by atoms with van der Waals surface area (Å²) in [5, 5.41) is 4.10. The molecular weight excluding hydrogens is 284 g/mol. The van der Waals surface area contributed by atoms with E-state index >= 15 is 0 Å². The molecule has 0 heterocycles. The van der Waals surface area contributed by atoms with Gasteiger partial charge >= 0.3 is 12.1 Å². The first-order chi connectivity index (χ1) is 10.6. The minimum atomic E-state index is -0.823. The largest absolute Gasteiger partial charge is 0.449 e. The van der Waals surface area contributed by atoms with Crippen molar-refractivity contribution in [3.8, 4) is 0 Å². The van der Waals surface area contributed by atoms with Crippen molar-refractivity contribution in [3.63, 3.8) is 0 Å². The van der Waals surface area contributed by atoms with Gasteiger partial charge in [0, 0.05) is 6.42 Å². The summed E-state index contributed by atoms with van der Waals surface area (Å²) in [7, 11) is 0. The summed E-state index contributed by atoms with van der Waals surface area (Å²) in [4.78, 5) is 34.1. The van der Waals surface area contributed by atoms with Gasteiger partial charge in [-0.3, -0.25) is 10.1 Å². The minimum Gasteiger partial charge on any atom is -0.449 e. The molecule has 0 bridgehead atoms. The first-order valence-corrected chi connectivity index (χ1v) is 8.37. The Morgan fingerprint density at radius 1 is 0.773 bits per heavy atom. The van der Waals surface area contributed by atoms with Gasteiger partial charge in [-0.2, -0.15) is 0 Å². The zero-order valence-corrected chi connectivity index (χ0v) is 13.9. The lowest BCUT2D eigenvalue weighted by Crippen LogP contribution is -2.42. The standard InChI is InChI=1S/C16H30N2O4/c1-3-5-7-9-11-13-22-16(21)18-15(20)17-14(19)12-10-8-6-4-2/h3-13H2,1-2H3,(H2,17,18,19,20,21). The second-order valence-electron chi connectivity index (χ2n) is 5.36. The molecule has 0 radical (unpaired) electrons. The number of urea groups is 1. The Labute approximate surface area is 133 Å². The van der Waals surface area contributed by atoms with Crippen LogP contribution in [0, 0.1) is 0 Å². The normalized spacial score (nSPS) is 10.1. The molecule has 0 atom stereocenters. The number of carbonyl (C=O) groups is 3. The Morgan fingerprint density at radius 3 is 2.00 bits per heavy atom. The van der Waals surface area contributed by atoms with Gasteiger partial charge in [0.15, 0.2) is 0 Å². The zero-order chi connectivity index (χ0) is 16.6. The molecule has 0 aromatic carbocycles. The fourth-order valence-electron chi connectivity index (χ4n) is 1.93. The zero-order valence-electron chi connectivity index (χ0n) is 13.9. The summed E-state index contributed by atoms with van der Waals surface area (Å²) in [5.74, 6) is -0.374. The van der Waals surface area contributed by atoms with Crippen LogP contribution in [0.5, 0.6) is 0 Å².